The summed E-state index contributed by atoms with van der Waals surface area (Å²) < 4.78 is 0. The van der Waals surface area contributed by atoms with E-state index in [1.54, 1.807) is 30.5 Å². The Hall–Kier alpha value is -2.97. The summed E-state index contributed by atoms with van der Waals surface area (Å²) in [6.45, 7) is 1.35. The summed E-state index contributed by atoms with van der Waals surface area (Å²) in [6.07, 6.45) is 4.25. The van der Waals surface area contributed by atoms with Gasteiger partial charge in [0.05, 0.1) is 6.10 Å². The lowest BCUT2D eigenvalue weighted by Gasteiger charge is -2.26. The molecule has 2 atom stereocenters. The molecule has 0 radical (unpaired) electrons. The number of aromatic nitrogens is 1. The van der Waals surface area contributed by atoms with E-state index in [0.717, 1.165) is 16.9 Å². The maximum atomic E-state index is 12.3. The van der Waals surface area contributed by atoms with Gasteiger partial charge in [-0.15, -0.1) is 0 Å². The fourth-order valence-electron chi connectivity index (χ4n) is 2.93. The molecular formula is C20H24N4O4. The first-order valence-electron chi connectivity index (χ1n) is 9.24. The molecule has 1 aromatic heterocycles. The van der Waals surface area contributed by atoms with Gasteiger partial charge in [0, 0.05) is 23.4 Å². The highest BCUT2D eigenvalue weighted by Crippen LogP contribution is 2.24. The molecule has 1 heterocycles. The average molecular weight is 384 g/mol. The highest BCUT2D eigenvalue weighted by atomic mass is 16.5. The van der Waals surface area contributed by atoms with Crippen molar-refractivity contribution in [3.8, 4) is 11.1 Å². The van der Waals surface area contributed by atoms with E-state index < -0.39 is 24.0 Å². The van der Waals surface area contributed by atoms with Crippen LogP contribution < -0.4 is 16.1 Å². The summed E-state index contributed by atoms with van der Waals surface area (Å²) in [5, 5.41) is 24.1. The molecule has 0 saturated heterocycles. The molecule has 5 N–H and O–H groups in total. The van der Waals surface area contributed by atoms with Gasteiger partial charge in [-0.05, 0) is 56.0 Å². The molecule has 1 aliphatic rings. The minimum absolute atomic E-state index is 0.330. The third-order valence-corrected chi connectivity index (χ3v) is 4.86. The maximum absolute atomic E-state index is 12.3. The predicted molar refractivity (Wildman–Crippen MR) is 104 cm³/mol. The lowest BCUT2D eigenvalue weighted by atomic mass is 9.93. The van der Waals surface area contributed by atoms with Gasteiger partial charge in [0.1, 0.15) is 11.9 Å². The third-order valence-electron chi connectivity index (χ3n) is 4.86. The summed E-state index contributed by atoms with van der Waals surface area (Å²) in [5.41, 5.74) is 3.59. The minimum atomic E-state index is -1.25. The summed E-state index contributed by atoms with van der Waals surface area (Å²) >= 11 is 0. The lowest BCUT2D eigenvalue weighted by Crippen LogP contribution is -2.51. The fourth-order valence-corrected chi connectivity index (χ4v) is 2.93. The number of aliphatic hydroxyl groups excluding tert-OH is 1. The molecule has 0 spiro atoms. The summed E-state index contributed by atoms with van der Waals surface area (Å²) in [5.74, 6) is -0.559. The van der Waals surface area contributed by atoms with Crippen molar-refractivity contribution in [2.24, 2.45) is 0 Å². The number of pyridine rings is 1. The van der Waals surface area contributed by atoms with Crippen molar-refractivity contribution in [1.82, 2.24) is 15.8 Å². The van der Waals surface area contributed by atoms with Crippen LogP contribution in [0.3, 0.4) is 0 Å². The Balaban J connectivity index is 1.65. The number of amides is 2. The second-order valence-electron chi connectivity index (χ2n) is 6.95. The van der Waals surface area contributed by atoms with Crippen LogP contribution in [0.4, 0.5) is 5.82 Å². The van der Waals surface area contributed by atoms with Crippen molar-refractivity contribution < 1.29 is 19.9 Å². The number of benzene rings is 1. The number of rotatable bonds is 7. The highest BCUT2D eigenvalue weighted by Gasteiger charge is 2.25. The standard InChI is InChI=1S/C20H24N4O4/c1-12(25)18(20(27)24-28)23-19(26)14-7-5-13(6-8-14)15-9-10-17(21-11-15)22-16-3-2-4-16/h5-12,16,18,25,28H,2-4H2,1H3,(H,21,22)(H,23,26)(H,24,27)/t12-,18+/m1/s1. The summed E-state index contributed by atoms with van der Waals surface area (Å²) in [7, 11) is 0. The van der Waals surface area contributed by atoms with Crippen molar-refractivity contribution in [2.75, 3.05) is 5.32 Å². The first kappa shape index (κ1) is 19.8. The molecule has 1 saturated carbocycles. The van der Waals surface area contributed by atoms with Crippen molar-refractivity contribution >= 4 is 17.6 Å². The van der Waals surface area contributed by atoms with Crippen LogP contribution in [0.2, 0.25) is 0 Å². The number of hydrogen-bond donors (Lipinski definition) is 5. The van der Waals surface area contributed by atoms with Crippen LogP contribution in [0, 0.1) is 0 Å². The molecule has 8 nitrogen and oxygen atoms in total. The smallest absolute Gasteiger partial charge is 0.268 e. The van der Waals surface area contributed by atoms with E-state index in [-0.39, 0.29) is 0 Å². The molecule has 1 fully saturated rings. The number of hydrogen-bond acceptors (Lipinski definition) is 6. The van der Waals surface area contributed by atoms with E-state index in [1.165, 1.54) is 31.7 Å². The fraction of sp³-hybridized carbons (Fsp3) is 0.350. The number of hydroxylamine groups is 1. The Labute approximate surface area is 163 Å². The van der Waals surface area contributed by atoms with Gasteiger partial charge in [-0.3, -0.25) is 14.8 Å². The lowest BCUT2D eigenvalue weighted by molar-refractivity contribution is -0.133. The number of aliphatic hydroxyl groups is 1. The van der Waals surface area contributed by atoms with Gasteiger partial charge in [0.25, 0.3) is 11.8 Å². The maximum Gasteiger partial charge on any atom is 0.268 e. The van der Waals surface area contributed by atoms with Crippen molar-refractivity contribution in [3.05, 3.63) is 48.2 Å². The number of carbonyl (C=O) groups is 2. The predicted octanol–water partition coefficient (Wildman–Crippen LogP) is 1.70. The third kappa shape index (κ3) is 4.65. The van der Waals surface area contributed by atoms with Crippen molar-refractivity contribution in [1.29, 1.82) is 0 Å². The average Bonchev–Trinajstić information content (AvgIpc) is 2.68. The molecule has 2 aromatic rings. The van der Waals surface area contributed by atoms with E-state index in [1.807, 2.05) is 12.1 Å². The topological polar surface area (TPSA) is 124 Å². The Morgan fingerprint density at radius 3 is 2.29 bits per heavy atom. The normalized spacial score (nSPS) is 15.8. The first-order valence-corrected chi connectivity index (χ1v) is 9.24. The highest BCUT2D eigenvalue weighted by molar-refractivity contribution is 5.97. The molecule has 0 unspecified atom stereocenters. The molecule has 0 bridgehead atoms. The van der Waals surface area contributed by atoms with Gasteiger partial charge in [0.2, 0.25) is 0 Å². The second-order valence-corrected chi connectivity index (χ2v) is 6.95. The van der Waals surface area contributed by atoms with Gasteiger partial charge in [-0.1, -0.05) is 12.1 Å². The van der Waals surface area contributed by atoms with Crippen LogP contribution in [0.25, 0.3) is 11.1 Å². The van der Waals surface area contributed by atoms with Gasteiger partial charge in [-0.2, -0.15) is 0 Å². The number of anilines is 1. The van der Waals surface area contributed by atoms with Gasteiger partial charge in [-0.25, -0.2) is 10.5 Å². The summed E-state index contributed by atoms with van der Waals surface area (Å²) in [4.78, 5) is 28.3. The Morgan fingerprint density at radius 1 is 1.11 bits per heavy atom. The molecule has 148 valence electrons. The number of carbonyl (C=O) groups excluding carboxylic acids is 2. The SMILES string of the molecule is C[C@@H](O)[C@H](NC(=O)c1ccc(-c2ccc(NC3CCC3)nc2)cc1)C(=O)NO. The van der Waals surface area contributed by atoms with Crippen LogP contribution in [-0.2, 0) is 4.79 Å². The van der Waals surface area contributed by atoms with Gasteiger partial charge >= 0.3 is 0 Å². The van der Waals surface area contributed by atoms with E-state index in [9.17, 15) is 14.7 Å². The molecule has 3 rings (SSSR count). The number of nitrogens with one attached hydrogen (secondary N) is 3. The van der Waals surface area contributed by atoms with Gasteiger partial charge in [0.15, 0.2) is 0 Å². The zero-order chi connectivity index (χ0) is 20.1. The molecule has 1 aromatic carbocycles. The van der Waals surface area contributed by atoms with E-state index in [2.05, 4.69) is 15.6 Å². The summed E-state index contributed by atoms with van der Waals surface area (Å²) in [6, 6.07) is 10.0. The largest absolute Gasteiger partial charge is 0.391 e. The van der Waals surface area contributed by atoms with Crippen LogP contribution in [0.1, 0.15) is 36.5 Å². The van der Waals surface area contributed by atoms with E-state index in [0.29, 0.717) is 11.6 Å². The van der Waals surface area contributed by atoms with Crippen LogP contribution >= 0.6 is 0 Å². The Kier molecular flexibility index (Phi) is 6.23. The van der Waals surface area contributed by atoms with Crippen LogP contribution in [0.5, 0.6) is 0 Å². The molecule has 1 aliphatic carbocycles. The first-order chi connectivity index (χ1) is 13.5. The zero-order valence-electron chi connectivity index (χ0n) is 15.6. The monoisotopic (exact) mass is 384 g/mol. The van der Waals surface area contributed by atoms with E-state index in [4.69, 9.17) is 5.21 Å². The van der Waals surface area contributed by atoms with Crippen molar-refractivity contribution in [3.63, 3.8) is 0 Å². The van der Waals surface area contributed by atoms with Crippen molar-refractivity contribution in [2.45, 2.75) is 44.4 Å². The molecule has 28 heavy (non-hydrogen) atoms. The molecule has 0 aliphatic heterocycles. The minimum Gasteiger partial charge on any atom is -0.391 e. The molecular weight excluding hydrogens is 360 g/mol. The Bertz CT molecular complexity index is 817. The second kappa shape index (κ2) is 8.81. The van der Waals surface area contributed by atoms with E-state index >= 15 is 0 Å². The van der Waals surface area contributed by atoms with Gasteiger partial charge < -0.3 is 15.7 Å². The van der Waals surface area contributed by atoms with Crippen LogP contribution in [-0.4, -0.2) is 45.3 Å². The Morgan fingerprint density at radius 2 is 1.79 bits per heavy atom. The zero-order valence-corrected chi connectivity index (χ0v) is 15.6. The van der Waals surface area contributed by atoms with Crippen LogP contribution in [0.15, 0.2) is 42.6 Å². The molecule has 8 heteroatoms. The quantitative estimate of drug-likeness (QED) is 0.366. The molecule has 2 amide bonds. The number of nitrogens with zero attached hydrogens (tertiary/aromatic N) is 1.